The molecule has 2 rings (SSSR count). The minimum absolute atomic E-state index is 0.0443. The molecule has 0 bridgehead atoms. The zero-order valence-electron chi connectivity index (χ0n) is 14.5. The normalized spacial score (nSPS) is 12.5. The van der Waals surface area contributed by atoms with Gasteiger partial charge in [0, 0.05) is 11.8 Å². The van der Waals surface area contributed by atoms with E-state index in [-0.39, 0.29) is 21.5 Å². The summed E-state index contributed by atoms with van der Waals surface area (Å²) in [5.41, 5.74) is 1.98. The number of hydrogen-bond donors (Lipinski definition) is 1. The van der Waals surface area contributed by atoms with Crippen LogP contribution in [-0.4, -0.2) is 27.7 Å². The number of carbonyl (C=O) groups excluding carboxylic acids is 1. The van der Waals surface area contributed by atoms with Crippen molar-refractivity contribution in [1.82, 2.24) is 5.32 Å². The van der Waals surface area contributed by atoms with Gasteiger partial charge in [-0.1, -0.05) is 29.3 Å². The van der Waals surface area contributed by atoms with Gasteiger partial charge in [-0.3, -0.25) is 4.79 Å². The number of hydrogen-bond acceptors (Lipinski definition) is 4. The van der Waals surface area contributed by atoms with Gasteiger partial charge in [0.05, 0.1) is 28.6 Å². The Morgan fingerprint density at radius 1 is 1.20 bits per heavy atom. The molecular formula is C18H20ClNO4S. The number of carbonyl (C=O) groups is 1. The van der Waals surface area contributed by atoms with Crippen LogP contribution >= 0.6 is 11.6 Å². The number of nitrogens with one attached hydrogen (secondary N) is 1. The van der Waals surface area contributed by atoms with E-state index in [9.17, 15) is 13.2 Å². The number of aryl methyl sites for hydroxylation is 1. The van der Waals surface area contributed by atoms with E-state index in [2.05, 4.69) is 5.32 Å². The first-order valence-corrected chi connectivity index (χ1v) is 9.85. The predicted molar refractivity (Wildman–Crippen MR) is 98.2 cm³/mol. The molecule has 0 aromatic heterocycles. The summed E-state index contributed by atoms with van der Waals surface area (Å²) in [6, 6.07) is 9.41. The van der Waals surface area contributed by atoms with Gasteiger partial charge in [0.25, 0.3) is 5.91 Å². The summed E-state index contributed by atoms with van der Waals surface area (Å²) in [5.74, 6) is 0.209. The van der Waals surface area contributed by atoms with Crippen LogP contribution < -0.4 is 10.1 Å². The molecule has 1 amide bonds. The molecule has 5 nitrogen and oxygen atoms in total. The molecule has 2 aromatic rings. The van der Waals surface area contributed by atoms with Crippen LogP contribution in [0.5, 0.6) is 5.75 Å². The fourth-order valence-electron chi connectivity index (χ4n) is 2.45. The van der Waals surface area contributed by atoms with Crippen LogP contribution in [-0.2, 0) is 9.84 Å². The molecule has 0 aliphatic carbocycles. The Kier molecular flexibility index (Phi) is 5.75. The monoisotopic (exact) mass is 381 g/mol. The minimum atomic E-state index is -3.43. The molecule has 1 unspecified atom stereocenters. The molecule has 1 N–H and O–H groups in total. The fourth-order valence-corrected chi connectivity index (χ4v) is 3.30. The highest BCUT2D eigenvalue weighted by Crippen LogP contribution is 2.27. The van der Waals surface area contributed by atoms with Gasteiger partial charge in [-0.15, -0.1) is 0 Å². The maximum Gasteiger partial charge on any atom is 0.253 e. The van der Waals surface area contributed by atoms with Crippen LogP contribution in [0.4, 0.5) is 0 Å². The average molecular weight is 382 g/mol. The lowest BCUT2D eigenvalue weighted by Gasteiger charge is -2.18. The molecule has 0 aliphatic rings. The molecule has 0 saturated carbocycles. The summed E-state index contributed by atoms with van der Waals surface area (Å²) in [6.45, 7) is 3.77. The van der Waals surface area contributed by atoms with Crippen molar-refractivity contribution >= 4 is 27.3 Å². The molecule has 0 saturated heterocycles. The predicted octanol–water partition coefficient (Wildman–Crippen LogP) is 3.55. The first-order valence-electron chi connectivity index (χ1n) is 7.58. The van der Waals surface area contributed by atoms with Gasteiger partial charge in [-0.2, -0.15) is 0 Å². The second-order valence-corrected chi connectivity index (χ2v) is 8.28. The smallest absolute Gasteiger partial charge is 0.253 e. The van der Waals surface area contributed by atoms with Crippen molar-refractivity contribution in [2.75, 3.05) is 13.4 Å². The molecule has 0 aliphatic heterocycles. The standard InChI is InChI=1S/C18H20ClNO4S/c1-11-5-8-17(24-3)14(9-11)12(2)20-18(21)15-10-13(25(4,22)23)6-7-16(15)19/h5-10,12H,1-4H3,(H,20,21). The summed E-state index contributed by atoms with van der Waals surface area (Å²) in [4.78, 5) is 12.6. The Labute approximate surface area is 152 Å². The molecule has 0 spiro atoms. The number of benzene rings is 2. The number of sulfone groups is 1. The lowest BCUT2D eigenvalue weighted by atomic mass is 10.0. The third kappa shape index (κ3) is 4.52. The quantitative estimate of drug-likeness (QED) is 0.859. The van der Waals surface area contributed by atoms with Crippen LogP contribution in [0.3, 0.4) is 0 Å². The molecule has 0 heterocycles. The summed E-state index contributed by atoms with van der Waals surface area (Å²) in [7, 11) is -1.87. The van der Waals surface area contributed by atoms with Crippen molar-refractivity contribution in [3.8, 4) is 5.75 Å². The van der Waals surface area contributed by atoms with Gasteiger partial charge >= 0.3 is 0 Å². The van der Waals surface area contributed by atoms with Gasteiger partial charge in [-0.25, -0.2) is 8.42 Å². The topological polar surface area (TPSA) is 72.5 Å². The zero-order valence-corrected chi connectivity index (χ0v) is 16.0. The van der Waals surface area contributed by atoms with E-state index in [0.29, 0.717) is 5.75 Å². The van der Waals surface area contributed by atoms with E-state index in [1.54, 1.807) is 7.11 Å². The van der Waals surface area contributed by atoms with Crippen molar-refractivity contribution < 1.29 is 17.9 Å². The van der Waals surface area contributed by atoms with Gasteiger partial charge in [0.2, 0.25) is 0 Å². The minimum Gasteiger partial charge on any atom is -0.496 e. The number of methoxy groups -OCH3 is 1. The molecule has 1 atom stereocenters. The van der Waals surface area contributed by atoms with Crippen LogP contribution in [0.15, 0.2) is 41.3 Å². The van der Waals surface area contributed by atoms with E-state index in [1.165, 1.54) is 18.2 Å². The fraction of sp³-hybridized carbons (Fsp3) is 0.278. The van der Waals surface area contributed by atoms with Gasteiger partial charge < -0.3 is 10.1 Å². The van der Waals surface area contributed by atoms with E-state index in [0.717, 1.165) is 17.4 Å². The van der Waals surface area contributed by atoms with Crippen molar-refractivity contribution in [1.29, 1.82) is 0 Å². The average Bonchev–Trinajstić information content (AvgIpc) is 2.53. The zero-order chi connectivity index (χ0) is 18.8. The second kappa shape index (κ2) is 7.45. The summed E-state index contributed by atoms with van der Waals surface area (Å²) < 4.78 is 28.7. The van der Waals surface area contributed by atoms with Crippen molar-refractivity contribution in [3.05, 3.63) is 58.1 Å². The van der Waals surface area contributed by atoms with Gasteiger partial charge in [0.15, 0.2) is 9.84 Å². The first-order chi connectivity index (χ1) is 11.6. The molecule has 25 heavy (non-hydrogen) atoms. The van der Waals surface area contributed by atoms with E-state index >= 15 is 0 Å². The molecular weight excluding hydrogens is 362 g/mol. The van der Waals surface area contributed by atoms with Crippen molar-refractivity contribution in [2.24, 2.45) is 0 Å². The lowest BCUT2D eigenvalue weighted by molar-refractivity contribution is 0.0939. The largest absolute Gasteiger partial charge is 0.496 e. The lowest BCUT2D eigenvalue weighted by Crippen LogP contribution is -2.27. The Morgan fingerprint density at radius 3 is 2.48 bits per heavy atom. The van der Waals surface area contributed by atoms with E-state index in [4.69, 9.17) is 16.3 Å². The maximum absolute atomic E-state index is 12.6. The van der Waals surface area contributed by atoms with Crippen molar-refractivity contribution in [2.45, 2.75) is 24.8 Å². The maximum atomic E-state index is 12.6. The molecule has 2 aromatic carbocycles. The van der Waals surface area contributed by atoms with Crippen LogP contribution in [0.1, 0.15) is 34.5 Å². The molecule has 0 radical (unpaired) electrons. The van der Waals surface area contributed by atoms with E-state index in [1.807, 2.05) is 32.0 Å². The van der Waals surface area contributed by atoms with E-state index < -0.39 is 15.7 Å². The van der Waals surface area contributed by atoms with Crippen LogP contribution in [0, 0.1) is 6.92 Å². The molecule has 0 fully saturated rings. The number of ether oxygens (including phenoxy) is 1. The summed E-state index contributed by atoms with van der Waals surface area (Å²) in [5, 5.41) is 3.02. The number of amides is 1. The third-order valence-electron chi connectivity index (χ3n) is 3.81. The van der Waals surface area contributed by atoms with Gasteiger partial charge in [-0.05, 0) is 38.1 Å². The summed E-state index contributed by atoms with van der Waals surface area (Å²) >= 11 is 6.07. The third-order valence-corrected chi connectivity index (χ3v) is 5.25. The highest BCUT2D eigenvalue weighted by molar-refractivity contribution is 7.90. The highest BCUT2D eigenvalue weighted by Gasteiger charge is 2.19. The van der Waals surface area contributed by atoms with Crippen molar-refractivity contribution in [3.63, 3.8) is 0 Å². The Balaban J connectivity index is 2.33. The summed E-state index contributed by atoms with van der Waals surface area (Å²) in [6.07, 6.45) is 1.08. The molecule has 7 heteroatoms. The highest BCUT2D eigenvalue weighted by atomic mass is 35.5. The first kappa shape index (κ1) is 19.3. The van der Waals surface area contributed by atoms with Crippen LogP contribution in [0.25, 0.3) is 0 Å². The number of halogens is 1. The Morgan fingerprint density at radius 2 is 1.88 bits per heavy atom. The SMILES string of the molecule is COc1ccc(C)cc1C(C)NC(=O)c1cc(S(C)(=O)=O)ccc1Cl. The molecule has 134 valence electrons. The Hall–Kier alpha value is -2.05. The van der Waals surface area contributed by atoms with Crippen LogP contribution in [0.2, 0.25) is 5.02 Å². The second-order valence-electron chi connectivity index (χ2n) is 5.85. The van der Waals surface area contributed by atoms with Gasteiger partial charge in [0.1, 0.15) is 5.75 Å². The Bertz CT molecular complexity index is 909. The number of rotatable bonds is 5.